The topological polar surface area (TPSA) is 52.5 Å². The third-order valence-electron chi connectivity index (χ3n) is 4.45. The molecule has 1 aliphatic carbocycles. The van der Waals surface area contributed by atoms with Gasteiger partial charge in [0.15, 0.2) is 0 Å². The summed E-state index contributed by atoms with van der Waals surface area (Å²) in [6.45, 7) is 2.24. The number of hydrogen-bond acceptors (Lipinski definition) is 3. The molecule has 0 radical (unpaired) electrons. The molecule has 1 unspecified atom stereocenters. The van der Waals surface area contributed by atoms with Crippen molar-refractivity contribution in [3.05, 3.63) is 0 Å². The first kappa shape index (κ1) is 17.9. The van der Waals surface area contributed by atoms with Gasteiger partial charge in [0, 0.05) is 0 Å². The van der Waals surface area contributed by atoms with Crippen molar-refractivity contribution >= 4 is 0 Å². The quantitative estimate of drug-likeness (QED) is 0.322. The van der Waals surface area contributed by atoms with Crippen LogP contribution >= 0.6 is 0 Å². The Hall–Kier alpha value is -0.120. The van der Waals surface area contributed by atoms with Crippen molar-refractivity contribution in [1.82, 2.24) is 5.32 Å². The molecule has 0 saturated heterocycles. The van der Waals surface area contributed by atoms with E-state index in [9.17, 15) is 10.2 Å². The highest BCUT2D eigenvalue weighted by atomic mass is 16.3. The minimum absolute atomic E-state index is 0.547. The third-order valence-corrected chi connectivity index (χ3v) is 4.45. The Morgan fingerprint density at radius 3 is 2.05 bits per heavy atom. The Morgan fingerprint density at radius 2 is 1.45 bits per heavy atom. The summed E-state index contributed by atoms with van der Waals surface area (Å²) in [5, 5.41) is 23.5. The van der Waals surface area contributed by atoms with Crippen LogP contribution in [0, 0.1) is 0 Å². The molecule has 0 aromatic rings. The standard InChI is InChI=1S/C17H35NO2/c1-2-3-4-5-6-7-10-13-16(19)18-17(20)14-11-8-9-12-15-17/h16,18-20H,2-15H2,1H3. The number of aliphatic hydroxyl groups excluding tert-OH is 1. The maximum absolute atomic E-state index is 10.5. The van der Waals surface area contributed by atoms with Crippen molar-refractivity contribution in [3.8, 4) is 0 Å². The first-order chi connectivity index (χ1) is 9.66. The van der Waals surface area contributed by atoms with Gasteiger partial charge < -0.3 is 10.2 Å². The lowest BCUT2D eigenvalue weighted by Crippen LogP contribution is -2.50. The van der Waals surface area contributed by atoms with E-state index in [0.717, 1.165) is 38.5 Å². The van der Waals surface area contributed by atoms with E-state index in [1.165, 1.54) is 51.4 Å². The van der Waals surface area contributed by atoms with Crippen LogP contribution in [0.1, 0.15) is 96.8 Å². The summed E-state index contributed by atoms with van der Waals surface area (Å²) in [4.78, 5) is 0. The summed E-state index contributed by atoms with van der Waals surface area (Å²) in [6.07, 6.45) is 15.1. The molecule has 1 rings (SSSR count). The summed E-state index contributed by atoms with van der Waals surface area (Å²) in [7, 11) is 0. The maximum atomic E-state index is 10.5. The second-order valence-corrected chi connectivity index (χ2v) is 6.52. The second-order valence-electron chi connectivity index (χ2n) is 6.52. The van der Waals surface area contributed by atoms with Gasteiger partial charge in [-0.25, -0.2) is 0 Å². The van der Waals surface area contributed by atoms with E-state index in [1.807, 2.05) is 0 Å². The number of hydrogen-bond donors (Lipinski definition) is 3. The highest BCUT2D eigenvalue weighted by Crippen LogP contribution is 2.25. The molecular weight excluding hydrogens is 250 g/mol. The van der Waals surface area contributed by atoms with E-state index >= 15 is 0 Å². The van der Waals surface area contributed by atoms with E-state index in [4.69, 9.17) is 0 Å². The van der Waals surface area contributed by atoms with Gasteiger partial charge in [-0.1, -0.05) is 58.3 Å². The van der Waals surface area contributed by atoms with E-state index in [-0.39, 0.29) is 0 Å². The van der Waals surface area contributed by atoms with E-state index in [1.54, 1.807) is 0 Å². The highest BCUT2D eigenvalue weighted by molar-refractivity contribution is 4.79. The second kappa shape index (κ2) is 10.6. The van der Waals surface area contributed by atoms with E-state index in [0.29, 0.717) is 0 Å². The van der Waals surface area contributed by atoms with Crippen molar-refractivity contribution in [1.29, 1.82) is 0 Å². The van der Waals surface area contributed by atoms with Gasteiger partial charge in [0.05, 0.1) is 0 Å². The molecule has 0 aromatic heterocycles. The minimum atomic E-state index is -0.822. The van der Waals surface area contributed by atoms with Crippen LogP contribution in [0.15, 0.2) is 0 Å². The van der Waals surface area contributed by atoms with E-state index in [2.05, 4.69) is 12.2 Å². The molecule has 1 fully saturated rings. The van der Waals surface area contributed by atoms with Gasteiger partial charge in [0.25, 0.3) is 0 Å². The van der Waals surface area contributed by atoms with Crippen molar-refractivity contribution in [2.75, 3.05) is 0 Å². The molecule has 1 saturated carbocycles. The first-order valence-corrected chi connectivity index (χ1v) is 8.84. The zero-order chi connectivity index (χ0) is 14.7. The molecule has 1 aliphatic rings. The van der Waals surface area contributed by atoms with Crippen LogP contribution in [0.2, 0.25) is 0 Å². The Morgan fingerprint density at radius 1 is 0.900 bits per heavy atom. The van der Waals surface area contributed by atoms with Crippen molar-refractivity contribution < 1.29 is 10.2 Å². The van der Waals surface area contributed by atoms with Crippen molar-refractivity contribution in [2.45, 2.75) is 109 Å². The lowest BCUT2D eigenvalue weighted by molar-refractivity contribution is -0.0592. The molecule has 0 amide bonds. The minimum Gasteiger partial charge on any atom is -0.379 e. The zero-order valence-corrected chi connectivity index (χ0v) is 13.4. The highest BCUT2D eigenvalue weighted by Gasteiger charge is 2.29. The van der Waals surface area contributed by atoms with Gasteiger partial charge >= 0.3 is 0 Å². The molecule has 3 heteroatoms. The average molecular weight is 285 g/mol. The molecule has 0 heterocycles. The van der Waals surface area contributed by atoms with Crippen LogP contribution < -0.4 is 5.32 Å². The predicted octanol–water partition coefficient (Wildman–Crippen LogP) is 4.08. The molecule has 0 bridgehead atoms. The average Bonchev–Trinajstić information content (AvgIpc) is 2.62. The summed E-state index contributed by atoms with van der Waals surface area (Å²) in [6, 6.07) is 0. The summed E-state index contributed by atoms with van der Waals surface area (Å²) in [5.74, 6) is 0. The summed E-state index contributed by atoms with van der Waals surface area (Å²) in [5.41, 5.74) is -0.822. The predicted molar refractivity (Wildman–Crippen MR) is 84.4 cm³/mol. The van der Waals surface area contributed by atoms with Gasteiger partial charge in [-0.15, -0.1) is 0 Å². The fourth-order valence-electron chi connectivity index (χ4n) is 3.13. The number of aliphatic hydroxyl groups is 2. The molecule has 3 nitrogen and oxygen atoms in total. The van der Waals surface area contributed by atoms with Crippen molar-refractivity contribution in [3.63, 3.8) is 0 Å². The van der Waals surface area contributed by atoms with Crippen LogP contribution in [-0.4, -0.2) is 22.2 Å². The fourth-order valence-corrected chi connectivity index (χ4v) is 3.13. The summed E-state index contributed by atoms with van der Waals surface area (Å²) < 4.78 is 0. The fraction of sp³-hybridized carbons (Fsp3) is 1.00. The monoisotopic (exact) mass is 285 g/mol. The van der Waals surface area contributed by atoms with Crippen LogP contribution in [0.25, 0.3) is 0 Å². The maximum Gasteiger partial charge on any atom is 0.117 e. The largest absolute Gasteiger partial charge is 0.379 e. The van der Waals surface area contributed by atoms with Crippen molar-refractivity contribution in [2.24, 2.45) is 0 Å². The van der Waals surface area contributed by atoms with E-state index < -0.39 is 12.0 Å². The number of nitrogens with one attached hydrogen (secondary N) is 1. The molecule has 0 aromatic carbocycles. The number of rotatable bonds is 10. The van der Waals surface area contributed by atoms with Crippen LogP contribution in [0.4, 0.5) is 0 Å². The first-order valence-electron chi connectivity index (χ1n) is 8.84. The molecular formula is C17H35NO2. The molecule has 0 spiro atoms. The van der Waals surface area contributed by atoms with Gasteiger partial charge in [0.2, 0.25) is 0 Å². The number of unbranched alkanes of at least 4 members (excludes halogenated alkanes) is 6. The Kier molecular flexibility index (Phi) is 9.49. The Bertz CT molecular complexity index is 225. The van der Waals surface area contributed by atoms with Gasteiger partial charge in [-0.2, -0.15) is 0 Å². The zero-order valence-electron chi connectivity index (χ0n) is 13.4. The van der Waals surface area contributed by atoms with Crippen LogP contribution in [0.5, 0.6) is 0 Å². The molecule has 3 N–H and O–H groups in total. The SMILES string of the molecule is CCCCCCCCCC(O)NC1(O)CCCCCC1. The smallest absolute Gasteiger partial charge is 0.117 e. The molecule has 20 heavy (non-hydrogen) atoms. The lowest BCUT2D eigenvalue weighted by Gasteiger charge is -2.31. The Balaban J connectivity index is 2.05. The van der Waals surface area contributed by atoms with Gasteiger partial charge in [-0.05, 0) is 38.5 Å². The van der Waals surface area contributed by atoms with Crippen LogP contribution in [0.3, 0.4) is 0 Å². The Labute approximate surface area is 125 Å². The van der Waals surface area contributed by atoms with Gasteiger partial charge in [0.1, 0.15) is 12.0 Å². The third kappa shape index (κ3) is 8.23. The summed E-state index contributed by atoms with van der Waals surface area (Å²) >= 11 is 0. The lowest BCUT2D eigenvalue weighted by atomic mass is 10.0. The molecule has 1 atom stereocenters. The van der Waals surface area contributed by atoms with Gasteiger partial charge in [-0.3, -0.25) is 5.32 Å². The molecule has 0 aliphatic heterocycles. The normalized spacial score (nSPS) is 20.6. The molecule has 120 valence electrons. The van der Waals surface area contributed by atoms with Crippen LogP contribution in [-0.2, 0) is 0 Å².